The zero-order valence-electron chi connectivity index (χ0n) is 14.0. The average molecular weight is 304 g/mol. The number of rotatable bonds is 6. The zero-order valence-corrected chi connectivity index (χ0v) is 14.8. The standard InChI is InChI=1S/C16H33NO2S/c1-14(2)17-13-16(9-7-6-8-10-16)11-12-20(18,19)15(3,4)5/h14,17H,6-13H2,1-5H3. The van der Waals surface area contributed by atoms with Crippen molar-refractivity contribution in [1.29, 1.82) is 0 Å². The van der Waals surface area contributed by atoms with Gasteiger partial charge in [0.15, 0.2) is 9.84 Å². The number of hydrogen-bond donors (Lipinski definition) is 1. The van der Waals surface area contributed by atoms with Gasteiger partial charge in [-0.15, -0.1) is 0 Å². The molecule has 0 aromatic carbocycles. The summed E-state index contributed by atoms with van der Waals surface area (Å²) in [6.07, 6.45) is 6.95. The predicted molar refractivity (Wildman–Crippen MR) is 86.8 cm³/mol. The summed E-state index contributed by atoms with van der Waals surface area (Å²) < 4.78 is 24.1. The lowest BCUT2D eigenvalue weighted by Gasteiger charge is -2.39. The van der Waals surface area contributed by atoms with Crippen molar-refractivity contribution in [3.05, 3.63) is 0 Å². The smallest absolute Gasteiger partial charge is 0.155 e. The van der Waals surface area contributed by atoms with Crippen LogP contribution >= 0.6 is 0 Å². The first kappa shape index (κ1) is 18.0. The maximum absolute atomic E-state index is 12.4. The number of hydrogen-bond acceptors (Lipinski definition) is 3. The minimum Gasteiger partial charge on any atom is -0.314 e. The van der Waals surface area contributed by atoms with Crippen molar-refractivity contribution in [3.63, 3.8) is 0 Å². The van der Waals surface area contributed by atoms with Gasteiger partial charge in [0.05, 0.1) is 10.5 Å². The second-order valence-electron chi connectivity index (χ2n) is 7.78. The summed E-state index contributed by atoms with van der Waals surface area (Å²) in [7, 11) is -3.00. The van der Waals surface area contributed by atoms with Gasteiger partial charge >= 0.3 is 0 Å². The Morgan fingerprint density at radius 1 is 1.10 bits per heavy atom. The maximum atomic E-state index is 12.4. The molecular formula is C16H33NO2S. The summed E-state index contributed by atoms with van der Waals surface area (Å²) in [4.78, 5) is 0. The Hall–Kier alpha value is -0.0900. The maximum Gasteiger partial charge on any atom is 0.155 e. The summed E-state index contributed by atoms with van der Waals surface area (Å²) in [5, 5.41) is 3.54. The van der Waals surface area contributed by atoms with Gasteiger partial charge in [0, 0.05) is 12.6 Å². The minimum atomic E-state index is -3.00. The van der Waals surface area contributed by atoms with Crippen molar-refractivity contribution in [2.24, 2.45) is 5.41 Å². The molecule has 1 N–H and O–H groups in total. The molecule has 1 rings (SSSR count). The van der Waals surface area contributed by atoms with Gasteiger partial charge in [0.25, 0.3) is 0 Å². The van der Waals surface area contributed by atoms with E-state index in [4.69, 9.17) is 0 Å². The molecule has 0 atom stereocenters. The van der Waals surface area contributed by atoms with Crippen molar-refractivity contribution in [2.75, 3.05) is 12.3 Å². The SMILES string of the molecule is CC(C)NCC1(CCS(=O)(=O)C(C)(C)C)CCCCC1. The van der Waals surface area contributed by atoms with E-state index in [1.54, 1.807) is 0 Å². The van der Waals surface area contributed by atoms with Crippen LogP contribution in [-0.4, -0.2) is 31.5 Å². The Kier molecular flexibility index (Phi) is 6.09. The molecule has 0 bridgehead atoms. The Morgan fingerprint density at radius 3 is 2.10 bits per heavy atom. The number of nitrogens with one attached hydrogen (secondary N) is 1. The molecule has 0 unspecified atom stereocenters. The normalized spacial score (nSPS) is 20.3. The van der Waals surface area contributed by atoms with Crippen LogP contribution in [0.3, 0.4) is 0 Å². The molecule has 1 aliphatic carbocycles. The summed E-state index contributed by atoms with van der Waals surface area (Å²) >= 11 is 0. The molecule has 1 fully saturated rings. The van der Waals surface area contributed by atoms with Gasteiger partial charge in [-0.1, -0.05) is 33.1 Å². The lowest BCUT2D eigenvalue weighted by atomic mass is 9.72. The molecule has 1 aliphatic rings. The third kappa shape index (κ3) is 5.03. The highest BCUT2D eigenvalue weighted by atomic mass is 32.2. The van der Waals surface area contributed by atoms with E-state index < -0.39 is 14.6 Å². The third-order valence-electron chi connectivity index (χ3n) is 4.63. The summed E-state index contributed by atoms with van der Waals surface area (Å²) in [6, 6.07) is 0.466. The lowest BCUT2D eigenvalue weighted by Crippen LogP contribution is -2.41. The Balaban J connectivity index is 2.71. The molecule has 0 radical (unpaired) electrons. The van der Waals surface area contributed by atoms with E-state index in [-0.39, 0.29) is 5.41 Å². The Morgan fingerprint density at radius 2 is 1.65 bits per heavy atom. The molecule has 0 saturated heterocycles. The van der Waals surface area contributed by atoms with Gasteiger partial charge in [-0.3, -0.25) is 0 Å². The fraction of sp³-hybridized carbons (Fsp3) is 1.00. The average Bonchev–Trinajstić information content (AvgIpc) is 2.34. The van der Waals surface area contributed by atoms with Crippen LogP contribution in [0.2, 0.25) is 0 Å². The molecule has 0 aromatic heterocycles. The van der Waals surface area contributed by atoms with E-state index >= 15 is 0 Å². The van der Waals surface area contributed by atoms with E-state index in [9.17, 15) is 8.42 Å². The van der Waals surface area contributed by atoms with E-state index in [1.807, 2.05) is 20.8 Å². The predicted octanol–water partition coefficient (Wildman–Crippen LogP) is 3.54. The lowest BCUT2D eigenvalue weighted by molar-refractivity contribution is 0.171. The van der Waals surface area contributed by atoms with Gasteiger partial charge < -0.3 is 5.32 Å². The molecule has 0 aromatic rings. The van der Waals surface area contributed by atoms with Crippen LogP contribution < -0.4 is 5.32 Å². The van der Waals surface area contributed by atoms with E-state index in [1.165, 1.54) is 32.1 Å². The molecule has 120 valence electrons. The molecule has 20 heavy (non-hydrogen) atoms. The van der Waals surface area contributed by atoms with Crippen molar-refractivity contribution in [2.45, 2.75) is 83.9 Å². The van der Waals surface area contributed by atoms with Gasteiger partial charge in [-0.25, -0.2) is 8.42 Å². The molecule has 0 amide bonds. The van der Waals surface area contributed by atoms with Gasteiger partial charge in [0.2, 0.25) is 0 Å². The van der Waals surface area contributed by atoms with Crippen LogP contribution in [0.4, 0.5) is 0 Å². The van der Waals surface area contributed by atoms with Crippen molar-refractivity contribution in [3.8, 4) is 0 Å². The van der Waals surface area contributed by atoms with Gasteiger partial charge in [0.1, 0.15) is 0 Å². The minimum absolute atomic E-state index is 0.195. The van der Waals surface area contributed by atoms with Crippen LogP contribution in [0.15, 0.2) is 0 Å². The van der Waals surface area contributed by atoms with Crippen molar-refractivity contribution in [1.82, 2.24) is 5.32 Å². The first-order valence-corrected chi connectivity index (χ1v) is 9.69. The van der Waals surface area contributed by atoms with Gasteiger partial charge in [-0.05, 0) is 45.4 Å². The van der Waals surface area contributed by atoms with E-state index in [0.717, 1.165) is 13.0 Å². The molecule has 3 nitrogen and oxygen atoms in total. The fourth-order valence-corrected chi connectivity index (χ4v) is 4.21. The topological polar surface area (TPSA) is 46.2 Å². The Labute approximate surface area is 125 Å². The van der Waals surface area contributed by atoms with Crippen LogP contribution in [0, 0.1) is 5.41 Å². The van der Waals surface area contributed by atoms with E-state index in [0.29, 0.717) is 11.8 Å². The third-order valence-corrected chi connectivity index (χ3v) is 7.24. The van der Waals surface area contributed by atoms with Gasteiger partial charge in [-0.2, -0.15) is 0 Å². The van der Waals surface area contributed by atoms with E-state index in [2.05, 4.69) is 19.2 Å². The largest absolute Gasteiger partial charge is 0.314 e. The van der Waals surface area contributed by atoms with Crippen LogP contribution in [-0.2, 0) is 9.84 Å². The highest BCUT2D eigenvalue weighted by Gasteiger charge is 2.36. The zero-order chi connectivity index (χ0) is 15.4. The summed E-state index contributed by atoms with van der Waals surface area (Å²) in [6.45, 7) is 10.7. The van der Waals surface area contributed by atoms with Crippen molar-refractivity contribution >= 4 is 9.84 Å². The molecule has 0 aliphatic heterocycles. The quantitative estimate of drug-likeness (QED) is 0.816. The number of sulfone groups is 1. The summed E-state index contributed by atoms with van der Waals surface area (Å²) in [5.74, 6) is 0.330. The molecule has 1 saturated carbocycles. The second kappa shape index (κ2) is 6.78. The fourth-order valence-electron chi connectivity index (χ4n) is 2.89. The van der Waals surface area contributed by atoms with Crippen LogP contribution in [0.1, 0.15) is 73.1 Å². The first-order valence-electron chi connectivity index (χ1n) is 8.04. The van der Waals surface area contributed by atoms with Crippen LogP contribution in [0.25, 0.3) is 0 Å². The highest BCUT2D eigenvalue weighted by molar-refractivity contribution is 7.92. The first-order chi connectivity index (χ1) is 9.08. The molecule has 0 heterocycles. The monoisotopic (exact) mass is 303 g/mol. The molecule has 4 heteroatoms. The second-order valence-corrected chi connectivity index (χ2v) is 10.6. The van der Waals surface area contributed by atoms with Crippen LogP contribution in [0.5, 0.6) is 0 Å². The molecular weight excluding hydrogens is 270 g/mol. The van der Waals surface area contributed by atoms with Crippen molar-refractivity contribution < 1.29 is 8.42 Å². The highest BCUT2D eigenvalue weighted by Crippen LogP contribution is 2.39. The Bertz CT molecular complexity index is 387. The summed E-state index contributed by atoms with van der Waals surface area (Å²) in [5.41, 5.74) is 0.195. The molecule has 0 spiro atoms.